The van der Waals surface area contributed by atoms with Crippen molar-refractivity contribution in [3.05, 3.63) is 94.4 Å². The number of aromatic nitrogens is 1. The molecule has 1 aliphatic carbocycles. The molecule has 7 rings (SSSR count). The average Bonchev–Trinajstić information content (AvgIpc) is 3.73. The van der Waals surface area contributed by atoms with Gasteiger partial charge in [-0.1, -0.05) is 29.4 Å². The van der Waals surface area contributed by atoms with Crippen LogP contribution in [0.5, 0.6) is 0 Å². The van der Waals surface area contributed by atoms with Gasteiger partial charge in [-0.05, 0) is 93.1 Å². The van der Waals surface area contributed by atoms with Gasteiger partial charge >= 0.3 is 0 Å². The second kappa shape index (κ2) is 10.7. The molecule has 230 valence electrons. The number of nitrogens with one attached hydrogen (secondary N) is 2. The number of amides is 4. The number of hydrogen-bond acceptors (Lipinski definition) is 9. The first-order chi connectivity index (χ1) is 22.1. The summed E-state index contributed by atoms with van der Waals surface area (Å²) in [5.74, 6) is -1.53. The third kappa shape index (κ3) is 4.70. The number of fused-ring (bicyclic) bond motifs is 1. The Morgan fingerprint density at radius 3 is 2.37 bits per heavy atom. The Hall–Kier alpha value is -5.76. The number of aryl methyl sites for hydroxylation is 3. The number of nitrogens with zero attached hydrogens (tertiary/aromatic N) is 4. The molecule has 46 heavy (non-hydrogen) atoms. The van der Waals surface area contributed by atoms with Crippen LogP contribution in [0.3, 0.4) is 0 Å². The summed E-state index contributed by atoms with van der Waals surface area (Å²) >= 11 is 0. The summed E-state index contributed by atoms with van der Waals surface area (Å²) in [6.07, 6.45) is 1.80. The molecule has 2 fully saturated rings. The van der Waals surface area contributed by atoms with Crippen LogP contribution in [-0.2, 0) is 15.0 Å². The Kier molecular flexibility index (Phi) is 6.74. The quantitative estimate of drug-likeness (QED) is 0.206. The second-order valence-electron chi connectivity index (χ2n) is 12.1. The highest BCUT2D eigenvalue weighted by Gasteiger charge is 2.45. The zero-order chi connectivity index (χ0) is 32.3. The molecule has 1 atom stereocenters. The highest BCUT2D eigenvalue weighted by atomic mass is 16.5. The van der Waals surface area contributed by atoms with Gasteiger partial charge in [-0.3, -0.25) is 39.8 Å². The first-order valence-corrected chi connectivity index (χ1v) is 15.1. The summed E-state index contributed by atoms with van der Waals surface area (Å²) in [6.45, 7) is 5.75. The molecule has 3 heterocycles. The summed E-state index contributed by atoms with van der Waals surface area (Å²) < 4.78 is 5.44. The number of carbonyl (C=O) groups excluding carboxylic acids is 4. The fourth-order valence-electron chi connectivity index (χ4n) is 6.35. The number of hydrogen-bond donors (Lipinski definition) is 2. The van der Waals surface area contributed by atoms with E-state index in [1.807, 2.05) is 68.2 Å². The van der Waals surface area contributed by atoms with E-state index in [4.69, 9.17) is 4.52 Å². The Labute approximate surface area is 264 Å². The van der Waals surface area contributed by atoms with Crippen LogP contribution < -0.4 is 15.8 Å². The topological polar surface area (TPSA) is 149 Å². The van der Waals surface area contributed by atoms with E-state index in [0.717, 1.165) is 57.1 Å². The molecule has 0 spiro atoms. The highest BCUT2D eigenvalue weighted by Crippen LogP contribution is 2.48. The second-order valence-corrected chi connectivity index (χ2v) is 12.1. The van der Waals surface area contributed by atoms with E-state index in [2.05, 4.69) is 22.0 Å². The number of nitriles is 1. The lowest BCUT2D eigenvalue weighted by atomic mass is 9.97. The zero-order valence-corrected chi connectivity index (χ0v) is 25.5. The van der Waals surface area contributed by atoms with Crippen molar-refractivity contribution < 1.29 is 23.7 Å². The van der Waals surface area contributed by atoms with Crippen molar-refractivity contribution in [2.75, 3.05) is 10.4 Å². The minimum atomic E-state index is -1.05. The van der Waals surface area contributed by atoms with Crippen molar-refractivity contribution in [1.29, 1.82) is 5.26 Å². The predicted octanol–water partition coefficient (Wildman–Crippen LogP) is 5.39. The van der Waals surface area contributed by atoms with Gasteiger partial charge in [0.05, 0.1) is 45.4 Å². The third-order valence-electron chi connectivity index (χ3n) is 9.09. The summed E-state index contributed by atoms with van der Waals surface area (Å²) in [5, 5.41) is 18.0. The molecule has 3 aliphatic rings. The van der Waals surface area contributed by atoms with E-state index in [1.165, 1.54) is 0 Å². The Bertz CT molecular complexity index is 1980. The molecule has 1 unspecified atom stereocenters. The Balaban J connectivity index is 1.27. The van der Waals surface area contributed by atoms with Crippen LogP contribution >= 0.6 is 0 Å². The first-order valence-electron chi connectivity index (χ1n) is 15.1. The maximum atomic E-state index is 13.5. The molecule has 1 saturated carbocycles. The van der Waals surface area contributed by atoms with E-state index in [-0.39, 0.29) is 24.0 Å². The Morgan fingerprint density at radius 1 is 0.978 bits per heavy atom. The summed E-state index contributed by atoms with van der Waals surface area (Å²) in [5.41, 5.74) is 10.0. The summed E-state index contributed by atoms with van der Waals surface area (Å²) in [4.78, 5) is 52.0. The van der Waals surface area contributed by atoms with E-state index in [1.54, 1.807) is 18.2 Å². The first kappa shape index (κ1) is 29.0. The van der Waals surface area contributed by atoms with Crippen molar-refractivity contribution in [2.24, 2.45) is 0 Å². The van der Waals surface area contributed by atoms with Gasteiger partial charge in [0.15, 0.2) is 0 Å². The maximum absolute atomic E-state index is 13.5. The molecule has 4 aromatic rings. The summed E-state index contributed by atoms with van der Waals surface area (Å²) in [6, 6.07) is 20.2. The van der Waals surface area contributed by atoms with Crippen molar-refractivity contribution >= 4 is 40.7 Å². The minimum Gasteiger partial charge on any atom is -0.361 e. The van der Waals surface area contributed by atoms with Gasteiger partial charge < -0.3 is 4.52 Å². The van der Waals surface area contributed by atoms with Crippen LogP contribution in [0.2, 0.25) is 0 Å². The lowest BCUT2D eigenvalue weighted by molar-refractivity contribution is -0.136. The van der Waals surface area contributed by atoms with Crippen molar-refractivity contribution in [1.82, 2.24) is 15.4 Å². The monoisotopic (exact) mass is 614 g/mol. The summed E-state index contributed by atoms with van der Waals surface area (Å²) in [7, 11) is 0. The van der Waals surface area contributed by atoms with Crippen LogP contribution in [0.1, 0.15) is 69.0 Å². The average molecular weight is 615 g/mol. The maximum Gasteiger partial charge on any atom is 0.262 e. The van der Waals surface area contributed by atoms with Crippen LogP contribution in [0, 0.1) is 32.1 Å². The van der Waals surface area contributed by atoms with E-state index in [0.29, 0.717) is 11.4 Å². The molecule has 1 aromatic heterocycles. The number of carbonyl (C=O) groups is 4. The van der Waals surface area contributed by atoms with Gasteiger partial charge in [-0.15, -0.1) is 0 Å². The fraction of sp³-hybridized carbons (Fsp3) is 0.257. The normalized spacial score (nSPS) is 18.2. The smallest absolute Gasteiger partial charge is 0.262 e. The van der Waals surface area contributed by atoms with Crippen LogP contribution in [0.15, 0.2) is 65.2 Å². The van der Waals surface area contributed by atoms with Crippen LogP contribution in [0.25, 0.3) is 11.1 Å². The molecule has 4 amide bonds. The largest absolute Gasteiger partial charge is 0.361 e. The zero-order valence-electron chi connectivity index (χ0n) is 25.5. The van der Waals surface area contributed by atoms with Gasteiger partial charge in [0.2, 0.25) is 11.8 Å². The van der Waals surface area contributed by atoms with Gasteiger partial charge in [-0.2, -0.15) is 5.26 Å². The molecule has 0 radical (unpaired) electrons. The van der Waals surface area contributed by atoms with Gasteiger partial charge in [0.1, 0.15) is 11.8 Å². The van der Waals surface area contributed by atoms with Gasteiger partial charge in [-0.25, -0.2) is 0 Å². The lowest BCUT2D eigenvalue weighted by Gasteiger charge is -2.29. The molecular formula is C35H30N6O5. The number of rotatable bonds is 7. The number of benzene rings is 3. The fourth-order valence-corrected chi connectivity index (χ4v) is 6.35. The molecule has 2 aliphatic heterocycles. The van der Waals surface area contributed by atoms with Crippen LogP contribution in [-0.4, -0.2) is 39.7 Å². The molecule has 2 N–H and O–H groups in total. The molecular weight excluding hydrogens is 584 g/mol. The van der Waals surface area contributed by atoms with Crippen molar-refractivity contribution in [2.45, 2.75) is 57.9 Å². The lowest BCUT2D eigenvalue weighted by Crippen LogP contribution is -2.54. The standard InChI is InChI=1S/C35H30N6O5/c1-19-4-5-22(31-20(2)39-46-21(31)3)16-29(19)41(25-9-6-23(7-10-25)35(18-36)14-15-35)38-24-8-11-26-27(17-24)34(45)40(33(26)44)28-12-13-30(42)37-32(28)43/h4-11,16-17,28,38H,12-15H2,1-3H3,(H,37,42,43). The number of anilines is 3. The SMILES string of the molecule is Cc1ccc(-c2c(C)noc2C)cc1N(Nc1ccc2c(c1)C(=O)N(C1CCC(=O)NC1=O)C2=O)c1ccc(C2(C#N)CC2)cc1. The molecule has 3 aromatic carbocycles. The predicted molar refractivity (Wildman–Crippen MR) is 168 cm³/mol. The molecule has 11 nitrogen and oxygen atoms in total. The van der Waals surface area contributed by atoms with E-state index < -0.39 is 35.1 Å². The van der Waals surface area contributed by atoms with Crippen molar-refractivity contribution in [3.63, 3.8) is 0 Å². The van der Waals surface area contributed by atoms with E-state index in [9.17, 15) is 24.4 Å². The third-order valence-corrected chi connectivity index (χ3v) is 9.09. The van der Waals surface area contributed by atoms with E-state index >= 15 is 0 Å². The van der Waals surface area contributed by atoms with Crippen molar-refractivity contribution in [3.8, 4) is 17.2 Å². The number of imide groups is 2. The Morgan fingerprint density at radius 2 is 1.72 bits per heavy atom. The van der Waals surface area contributed by atoms with Gasteiger partial charge in [0, 0.05) is 12.0 Å². The minimum absolute atomic E-state index is 0.0478. The van der Waals surface area contributed by atoms with Crippen LogP contribution in [0.4, 0.5) is 17.1 Å². The number of piperidine rings is 1. The molecule has 0 bridgehead atoms. The van der Waals surface area contributed by atoms with Gasteiger partial charge in [0.25, 0.3) is 11.8 Å². The highest BCUT2D eigenvalue weighted by molar-refractivity contribution is 6.23. The number of hydrazine groups is 1. The molecule has 11 heteroatoms. The molecule has 1 saturated heterocycles.